The molecule has 0 saturated heterocycles. The molecule has 0 saturated carbocycles. The van der Waals surface area contributed by atoms with E-state index in [0.717, 1.165) is 11.1 Å². The summed E-state index contributed by atoms with van der Waals surface area (Å²) >= 11 is 0. The van der Waals surface area contributed by atoms with Gasteiger partial charge in [-0.25, -0.2) is 4.79 Å². The number of benzene rings is 1. The van der Waals surface area contributed by atoms with Gasteiger partial charge in [-0.15, -0.1) is 0 Å². The number of alkyl carbamates (subject to hydrolysis) is 1. The monoisotopic (exact) mass is 277 g/mol. The van der Waals surface area contributed by atoms with Crippen molar-refractivity contribution >= 4 is 11.9 Å². The largest absolute Gasteiger partial charge is 0.444 e. The van der Waals surface area contributed by atoms with Crippen molar-refractivity contribution in [3.05, 3.63) is 35.4 Å². The molecule has 0 unspecified atom stereocenters. The van der Waals surface area contributed by atoms with Crippen LogP contribution in [0.25, 0.3) is 0 Å². The van der Waals surface area contributed by atoms with Crippen LogP contribution in [-0.2, 0) is 17.6 Å². The van der Waals surface area contributed by atoms with Crippen molar-refractivity contribution in [2.75, 3.05) is 6.54 Å². The van der Waals surface area contributed by atoms with Crippen LogP contribution in [0.3, 0.4) is 0 Å². The Bertz CT molecular complexity index is 478. The average molecular weight is 277 g/mol. The van der Waals surface area contributed by atoms with Gasteiger partial charge in [-0.1, -0.05) is 24.3 Å². The minimum absolute atomic E-state index is 0.147. The number of carbonyl (C=O) groups excluding carboxylic acids is 1. The van der Waals surface area contributed by atoms with E-state index in [1.165, 1.54) is 0 Å². The van der Waals surface area contributed by atoms with Crippen LogP contribution in [0, 0.1) is 5.41 Å². The molecule has 5 heteroatoms. The highest BCUT2D eigenvalue weighted by atomic mass is 16.6. The summed E-state index contributed by atoms with van der Waals surface area (Å²) in [4.78, 5) is 11.5. The Morgan fingerprint density at radius 2 is 2.00 bits per heavy atom. The predicted molar refractivity (Wildman–Crippen MR) is 80.0 cm³/mol. The predicted octanol–water partition coefficient (Wildman–Crippen LogP) is 2.23. The third-order valence-corrected chi connectivity index (χ3v) is 2.47. The first-order valence-corrected chi connectivity index (χ1v) is 6.64. The molecule has 0 aromatic heterocycles. The molecule has 0 aliphatic carbocycles. The number of rotatable bonds is 5. The number of ether oxygens (including phenoxy) is 1. The van der Waals surface area contributed by atoms with Gasteiger partial charge in [0.15, 0.2) is 0 Å². The van der Waals surface area contributed by atoms with Gasteiger partial charge in [-0.3, -0.25) is 5.41 Å². The van der Waals surface area contributed by atoms with Gasteiger partial charge in [0, 0.05) is 13.0 Å². The molecule has 4 N–H and O–H groups in total. The van der Waals surface area contributed by atoms with Crippen LogP contribution >= 0.6 is 0 Å². The van der Waals surface area contributed by atoms with Crippen LogP contribution in [-0.4, -0.2) is 24.1 Å². The molecule has 0 fully saturated rings. The minimum atomic E-state index is -0.481. The number of carbonyl (C=O) groups is 1. The Hall–Kier alpha value is -2.04. The Labute approximate surface area is 120 Å². The quantitative estimate of drug-likeness (QED) is 0.569. The first-order chi connectivity index (χ1) is 9.26. The van der Waals surface area contributed by atoms with Crippen molar-refractivity contribution < 1.29 is 9.53 Å². The van der Waals surface area contributed by atoms with Gasteiger partial charge in [0.25, 0.3) is 0 Å². The summed E-state index contributed by atoms with van der Waals surface area (Å²) in [5.74, 6) is 0.147. The zero-order valence-corrected chi connectivity index (χ0v) is 12.3. The van der Waals surface area contributed by atoms with Crippen LogP contribution in [0.5, 0.6) is 0 Å². The standard InChI is InChI=1S/C15H23N3O2/c1-15(2,3)20-14(19)18-8-7-11-5-4-6-12(9-11)10-13(16)17/h4-6,9H,7-8,10H2,1-3H3,(H3,16,17)(H,18,19). The maximum atomic E-state index is 11.5. The Balaban J connectivity index is 2.42. The number of amides is 1. The second-order valence-electron chi connectivity index (χ2n) is 5.70. The van der Waals surface area contributed by atoms with E-state index >= 15 is 0 Å². The number of amidine groups is 1. The summed E-state index contributed by atoms with van der Waals surface area (Å²) in [7, 11) is 0. The normalized spacial score (nSPS) is 10.9. The number of nitrogens with one attached hydrogen (secondary N) is 2. The molecule has 0 aliphatic rings. The van der Waals surface area contributed by atoms with Crippen LogP contribution in [0.4, 0.5) is 4.79 Å². The summed E-state index contributed by atoms with van der Waals surface area (Å²) in [5, 5.41) is 10.0. The fourth-order valence-electron chi connectivity index (χ4n) is 1.74. The zero-order chi connectivity index (χ0) is 15.2. The lowest BCUT2D eigenvalue weighted by Crippen LogP contribution is -2.33. The fraction of sp³-hybridized carbons (Fsp3) is 0.467. The van der Waals surface area contributed by atoms with Gasteiger partial charge in [0.05, 0.1) is 5.84 Å². The lowest BCUT2D eigenvalue weighted by Gasteiger charge is -2.19. The molecule has 1 rings (SSSR count). The second-order valence-corrected chi connectivity index (χ2v) is 5.70. The van der Waals surface area contributed by atoms with Crippen molar-refractivity contribution in [1.29, 1.82) is 5.41 Å². The number of hydrogen-bond acceptors (Lipinski definition) is 3. The van der Waals surface area contributed by atoms with E-state index in [-0.39, 0.29) is 5.84 Å². The lowest BCUT2D eigenvalue weighted by atomic mass is 10.1. The van der Waals surface area contributed by atoms with Gasteiger partial charge in [0.1, 0.15) is 5.60 Å². The molecule has 1 amide bonds. The third-order valence-electron chi connectivity index (χ3n) is 2.47. The van der Waals surface area contributed by atoms with Crippen molar-refractivity contribution in [2.45, 2.75) is 39.2 Å². The molecule has 0 heterocycles. The van der Waals surface area contributed by atoms with E-state index < -0.39 is 11.7 Å². The summed E-state index contributed by atoms with van der Waals surface area (Å²) in [6.07, 6.45) is 0.760. The molecule has 5 nitrogen and oxygen atoms in total. The highest BCUT2D eigenvalue weighted by Crippen LogP contribution is 2.08. The van der Waals surface area contributed by atoms with Crippen LogP contribution in [0.1, 0.15) is 31.9 Å². The Morgan fingerprint density at radius 1 is 1.35 bits per heavy atom. The summed E-state index contributed by atoms with van der Waals surface area (Å²) < 4.78 is 5.16. The molecule has 0 bridgehead atoms. The van der Waals surface area contributed by atoms with Gasteiger partial charge in [-0.2, -0.15) is 0 Å². The highest BCUT2D eigenvalue weighted by Gasteiger charge is 2.15. The number of nitrogens with two attached hydrogens (primary N) is 1. The van der Waals surface area contributed by atoms with Gasteiger partial charge in [-0.05, 0) is 38.3 Å². The summed E-state index contributed by atoms with van der Waals surface area (Å²) in [5.41, 5.74) is 7.01. The van der Waals surface area contributed by atoms with Crippen molar-refractivity contribution in [3.63, 3.8) is 0 Å². The fourth-order valence-corrected chi connectivity index (χ4v) is 1.74. The van der Waals surface area contributed by atoms with Crippen LogP contribution in [0.15, 0.2) is 24.3 Å². The second kappa shape index (κ2) is 6.93. The van der Waals surface area contributed by atoms with E-state index in [4.69, 9.17) is 15.9 Å². The molecule has 1 aromatic rings. The van der Waals surface area contributed by atoms with Crippen molar-refractivity contribution in [1.82, 2.24) is 5.32 Å². The molecule has 110 valence electrons. The van der Waals surface area contributed by atoms with E-state index in [1.54, 1.807) is 0 Å². The van der Waals surface area contributed by atoms with Crippen LogP contribution in [0.2, 0.25) is 0 Å². The lowest BCUT2D eigenvalue weighted by molar-refractivity contribution is 0.0528. The van der Waals surface area contributed by atoms with E-state index in [0.29, 0.717) is 19.4 Å². The number of hydrogen-bond donors (Lipinski definition) is 3. The molecule has 0 aliphatic heterocycles. The maximum absolute atomic E-state index is 11.5. The van der Waals surface area contributed by atoms with Crippen molar-refractivity contribution in [3.8, 4) is 0 Å². The van der Waals surface area contributed by atoms with E-state index in [9.17, 15) is 4.79 Å². The van der Waals surface area contributed by atoms with Crippen LogP contribution < -0.4 is 11.1 Å². The van der Waals surface area contributed by atoms with E-state index in [1.807, 2.05) is 45.0 Å². The smallest absolute Gasteiger partial charge is 0.407 e. The van der Waals surface area contributed by atoms with Gasteiger partial charge >= 0.3 is 6.09 Å². The first-order valence-electron chi connectivity index (χ1n) is 6.64. The molecular formula is C15H23N3O2. The SMILES string of the molecule is CC(C)(C)OC(=O)NCCc1cccc(CC(=N)N)c1. The highest BCUT2D eigenvalue weighted by molar-refractivity contribution is 5.79. The molecule has 1 aromatic carbocycles. The topological polar surface area (TPSA) is 88.2 Å². The summed E-state index contributed by atoms with van der Waals surface area (Å²) in [6.45, 7) is 6.01. The third kappa shape index (κ3) is 6.78. The molecular weight excluding hydrogens is 254 g/mol. The molecule has 0 radical (unpaired) electrons. The summed E-state index contributed by atoms with van der Waals surface area (Å²) in [6, 6.07) is 7.85. The van der Waals surface area contributed by atoms with Gasteiger partial charge < -0.3 is 15.8 Å². The average Bonchev–Trinajstić information content (AvgIpc) is 2.25. The maximum Gasteiger partial charge on any atom is 0.407 e. The zero-order valence-electron chi connectivity index (χ0n) is 12.3. The Kier molecular flexibility index (Phi) is 5.55. The Morgan fingerprint density at radius 3 is 2.60 bits per heavy atom. The van der Waals surface area contributed by atoms with E-state index in [2.05, 4.69) is 5.32 Å². The van der Waals surface area contributed by atoms with Crippen molar-refractivity contribution in [2.24, 2.45) is 5.73 Å². The van der Waals surface area contributed by atoms with Gasteiger partial charge in [0.2, 0.25) is 0 Å². The first kappa shape index (κ1) is 16.0. The minimum Gasteiger partial charge on any atom is -0.444 e. The molecule has 0 spiro atoms. The molecule has 0 atom stereocenters. The molecule has 20 heavy (non-hydrogen) atoms.